The van der Waals surface area contributed by atoms with Crippen LogP contribution in [0.2, 0.25) is 0 Å². The molecule has 0 aliphatic rings. The molecule has 0 saturated carbocycles. The number of H-pyrrole nitrogens is 1. The van der Waals surface area contributed by atoms with Crippen LogP contribution in [0.3, 0.4) is 0 Å². The number of aromatic nitrogens is 2. The highest BCUT2D eigenvalue weighted by Gasteiger charge is 2.26. The number of rotatable bonds is 8. The Morgan fingerprint density at radius 3 is 2.46 bits per heavy atom. The van der Waals surface area contributed by atoms with Gasteiger partial charge in [-0.3, -0.25) is 14.3 Å². The van der Waals surface area contributed by atoms with Crippen molar-refractivity contribution in [3.05, 3.63) is 83.2 Å². The minimum absolute atomic E-state index is 0.0468. The number of carbonyl (C=O) groups excluding carboxylic acids is 2. The predicted molar refractivity (Wildman–Crippen MR) is 128 cm³/mol. The molecule has 0 unspecified atom stereocenters. The van der Waals surface area contributed by atoms with Crippen LogP contribution >= 0.6 is 0 Å². The van der Waals surface area contributed by atoms with Crippen LogP contribution in [0.25, 0.3) is 22.2 Å². The topological polar surface area (TPSA) is 135 Å². The van der Waals surface area contributed by atoms with E-state index in [1.165, 1.54) is 12.4 Å². The lowest BCUT2D eigenvalue weighted by atomic mass is 9.99. The Bertz CT molecular complexity index is 1560. The molecule has 0 aliphatic heterocycles. The van der Waals surface area contributed by atoms with Gasteiger partial charge in [-0.15, -0.1) is 0 Å². The third-order valence-corrected chi connectivity index (χ3v) is 6.81. The van der Waals surface area contributed by atoms with Crippen molar-refractivity contribution in [1.82, 2.24) is 9.97 Å². The van der Waals surface area contributed by atoms with Crippen LogP contribution in [0.4, 0.5) is 14.5 Å². The summed E-state index contributed by atoms with van der Waals surface area (Å²) < 4.78 is 55.9. The Kier molecular flexibility index (Phi) is 6.35. The molecule has 2 aromatic heterocycles. The first-order valence-electron chi connectivity index (χ1n) is 10.5. The SMILES string of the molecule is CCCS(=O)(=O)Nc1ccc(F)c(C(=O)c2c[nH]c3ncc(-c4ccc(C(N)=O)cc4)cc23)c1F. The summed E-state index contributed by atoms with van der Waals surface area (Å²) in [6, 6.07) is 9.78. The molecule has 0 radical (unpaired) electrons. The number of hydrogen-bond donors (Lipinski definition) is 3. The number of primary amides is 1. The van der Waals surface area contributed by atoms with E-state index in [0.717, 1.165) is 12.1 Å². The monoisotopic (exact) mass is 498 g/mol. The molecule has 0 bridgehead atoms. The zero-order chi connectivity index (χ0) is 25.3. The van der Waals surface area contributed by atoms with Crippen LogP contribution in [0.5, 0.6) is 0 Å². The minimum atomic E-state index is -3.86. The average Bonchev–Trinajstić information content (AvgIpc) is 3.24. The maximum absolute atomic E-state index is 15.1. The van der Waals surface area contributed by atoms with E-state index in [2.05, 4.69) is 14.7 Å². The van der Waals surface area contributed by atoms with Gasteiger partial charge in [-0.05, 0) is 42.3 Å². The number of aromatic amines is 1. The zero-order valence-electron chi connectivity index (χ0n) is 18.4. The Balaban J connectivity index is 1.76. The summed E-state index contributed by atoms with van der Waals surface area (Å²) in [5, 5.41) is 0.308. The molecular weight excluding hydrogens is 478 g/mol. The molecule has 2 heterocycles. The fourth-order valence-electron chi connectivity index (χ4n) is 3.64. The van der Waals surface area contributed by atoms with Crippen LogP contribution in [0, 0.1) is 11.6 Å². The standard InChI is InChI=1S/C24H20F2N4O4S/c1-2-9-35(33,34)30-19-8-7-18(25)20(21(19)26)22(31)17-12-29-24-16(17)10-15(11-28-24)13-3-5-14(6-4-13)23(27)32/h3-8,10-12,30H,2,9H2,1H3,(H2,27,32)(H,28,29). The van der Waals surface area contributed by atoms with Crippen LogP contribution < -0.4 is 10.5 Å². The summed E-state index contributed by atoms with van der Waals surface area (Å²) in [5.74, 6) is -4.26. The average molecular weight is 499 g/mol. The van der Waals surface area contributed by atoms with E-state index in [1.807, 2.05) is 0 Å². The summed E-state index contributed by atoms with van der Waals surface area (Å²) >= 11 is 0. The summed E-state index contributed by atoms with van der Waals surface area (Å²) in [7, 11) is -3.86. The van der Waals surface area contributed by atoms with E-state index in [9.17, 15) is 22.4 Å². The van der Waals surface area contributed by atoms with Gasteiger partial charge in [0.2, 0.25) is 21.7 Å². The van der Waals surface area contributed by atoms with Crippen molar-refractivity contribution in [3.8, 4) is 11.1 Å². The molecule has 0 fully saturated rings. The second-order valence-electron chi connectivity index (χ2n) is 7.80. The molecular formula is C24H20F2N4O4S. The molecule has 11 heteroatoms. The van der Waals surface area contributed by atoms with Gasteiger partial charge >= 0.3 is 0 Å². The van der Waals surface area contributed by atoms with Gasteiger partial charge in [-0.2, -0.15) is 0 Å². The Morgan fingerprint density at radius 1 is 1.09 bits per heavy atom. The van der Waals surface area contributed by atoms with Crippen molar-refractivity contribution < 1.29 is 26.8 Å². The number of halogens is 2. The van der Waals surface area contributed by atoms with E-state index in [-0.39, 0.29) is 11.3 Å². The van der Waals surface area contributed by atoms with E-state index >= 15 is 4.39 Å². The highest BCUT2D eigenvalue weighted by atomic mass is 32.2. The van der Waals surface area contributed by atoms with Gasteiger partial charge in [0.05, 0.1) is 17.0 Å². The van der Waals surface area contributed by atoms with Crippen LogP contribution in [0.15, 0.2) is 54.9 Å². The quantitative estimate of drug-likeness (QED) is 0.316. The van der Waals surface area contributed by atoms with Crippen LogP contribution in [0.1, 0.15) is 39.6 Å². The molecule has 0 saturated heterocycles. The number of nitrogens with two attached hydrogens (primary N) is 1. The maximum Gasteiger partial charge on any atom is 0.248 e. The number of carbonyl (C=O) groups is 2. The fraction of sp³-hybridized carbons (Fsp3) is 0.125. The normalized spacial score (nSPS) is 11.5. The van der Waals surface area contributed by atoms with Gasteiger partial charge < -0.3 is 10.7 Å². The predicted octanol–water partition coefficient (Wildman–Crippen LogP) is 3.99. The molecule has 4 aromatic rings. The first kappa shape index (κ1) is 24.0. The minimum Gasteiger partial charge on any atom is -0.366 e. The largest absolute Gasteiger partial charge is 0.366 e. The van der Waals surface area contributed by atoms with Gasteiger partial charge in [0.1, 0.15) is 11.5 Å². The molecule has 2 aromatic carbocycles. The second-order valence-corrected chi connectivity index (χ2v) is 9.64. The summed E-state index contributed by atoms with van der Waals surface area (Å²) in [6.45, 7) is 1.64. The van der Waals surface area contributed by atoms with Crippen LogP contribution in [-0.4, -0.2) is 35.8 Å². The van der Waals surface area contributed by atoms with E-state index < -0.39 is 44.6 Å². The van der Waals surface area contributed by atoms with Crippen molar-refractivity contribution in [2.75, 3.05) is 10.5 Å². The maximum atomic E-state index is 15.1. The number of hydrogen-bond acceptors (Lipinski definition) is 5. The van der Waals surface area contributed by atoms with Crippen molar-refractivity contribution in [1.29, 1.82) is 0 Å². The lowest BCUT2D eigenvalue weighted by Crippen LogP contribution is -2.18. The highest BCUT2D eigenvalue weighted by molar-refractivity contribution is 7.92. The number of ketones is 1. The van der Waals surface area contributed by atoms with Gasteiger partial charge in [0, 0.05) is 34.5 Å². The van der Waals surface area contributed by atoms with E-state index in [4.69, 9.17) is 5.73 Å². The lowest BCUT2D eigenvalue weighted by molar-refractivity contribution is 0.0998. The fourth-order valence-corrected chi connectivity index (χ4v) is 4.77. The number of sulfonamides is 1. The molecule has 0 atom stereocenters. The van der Waals surface area contributed by atoms with E-state index in [0.29, 0.717) is 34.1 Å². The summed E-state index contributed by atoms with van der Waals surface area (Å²) in [4.78, 5) is 31.6. The number of nitrogens with one attached hydrogen (secondary N) is 2. The second kappa shape index (κ2) is 9.26. The summed E-state index contributed by atoms with van der Waals surface area (Å²) in [6.07, 6.45) is 3.11. The van der Waals surface area contributed by atoms with Crippen molar-refractivity contribution in [2.45, 2.75) is 13.3 Å². The molecule has 180 valence electrons. The molecule has 8 nitrogen and oxygen atoms in total. The Hall–Kier alpha value is -4.12. The number of amides is 1. The lowest BCUT2D eigenvalue weighted by Gasteiger charge is -2.11. The highest BCUT2D eigenvalue weighted by Crippen LogP contribution is 2.29. The molecule has 4 N–H and O–H groups in total. The molecule has 4 rings (SSSR count). The molecule has 0 aliphatic carbocycles. The third-order valence-electron chi connectivity index (χ3n) is 5.33. The van der Waals surface area contributed by atoms with Gasteiger partial charge in [-0.1, -0.05) is 19.1 Å². The number of fused-ring (bicyclic) bond motifs is 1. The van der Waals surface area contributed by atoms with Crippen molar-refractivity contribution in [2.24, 2.45) is 5.73 Å². The van der Waals surface area contributed by atoms with E-state index in [1.54, 1.807) is 37.3 Å². The number of anilines is 1. The summed E-state index contributed by atoms with van der Waals surface area (Å²) in [5.41, 5.74) is 5.70. The first-order valence-corrected chi connectivity index (χ1v) is 12.2. The van der Waals surface area contributed by atoms with Gasteiger partial charge in [-0.25, -0.2) is 22.2 Å². The molecule has 0 spiro atoms. The first-order chi connectivity index (χ1) is 16.6. The Morgan fingerprint density at radius 2 is 1.80 bits per heavy atom. The van der Waals surface area contributed by atoms with Gasteiger partial charge in [0.15, 0.2) is 5.82 Å². The number of nitrogens with zero attached hydrogens (tertiary/aromatic N) is 1. The van der Waals surface area contributed by atoms with Gasteiger partial charge in [0.25, 0.3) is 0 Å². The van der Waals surface area contributed by atoms with Crippen LogP contribution in [-0.2, 0) is 10.0 Å². The number of pyridine rings is 1. The molecule has 35 heavy (non-hydrogen) atoms. The third kappa shape index (κ3) is 4.76. The van der Waals surface area contributed by atoms with Crippen molar-refractivity contribution >= 4 is 38.4 Å². The smallest absolute Gasteiger partial charge is 0.248 e. The van der Waals surface area contributed by atoms with Crippen molar-refractivity contribution in [3.63, 3.8) is 0 Å². The zero-order valence-corrected chi connectivity index (χ0v) is 19.2. The molecule has 1 amide bonds. The Labute approximate surface area is 199 Å². The number of benzene rings is 2.